The first kappa shape index (κ1) is 11.9. The molecule has 0 bridgehead atoms. The highest BCUT2D eigenvalue weighted by Gasteiger charge is 2.15. The van der Waals surface area contributed by atoms with E-state index in [9.17, 15) is 0 Å². The van der Waals surface area contributed by atoms with Gasteiger partial charge in [-0.15, -0.1) is 11.3 Å². The average molecular weight is 263 g/mol. The molecule has 3 rings (SSSR count). The highest BCUT2D eigenvalue weighted by atomic mass is 32.1. The van der Waals surface area contributed by atoms with Gasteiger partial charge in [-0.2, -0.15) is 5.10 Å². The first-order valence-corrected chi connectivity index (χ1v) is 7.16. The van der Waals surface area contributed by atoms with E-state index in [4.69, 9.17) is 4.74 Å². The largest absolute Gasteiger partial charge is 0.381 e. The molecule has 1 aliphatic rings. The fraction of sp³-hybridized carbons (Fsp3) is 0.462. The summed E-state index contributed by atoms with van der Waals surface area (Å²) in [5.41, 5.74) is 2.37. The Bertz CT molecular complexity index is 474. The molecule has 0 amide bonds. The minimum absolute atomic E-state index is 0.669. The highest BCUT2D eigenvalue weighted by Crippen LogP contribution is 2.25. The van der Waals surface area contributed by atoms with Crippen molar-refractivity contribution in [3.8, 4) is 10.6 Å². The van der Waals surface area contributed by atoms with Gasteiger partial charge in [-0.25, -0.2) is 0 Å². The minimum Gasteiger partial charge on any atom is -0.381 e. The fourth-order valence-corrected chi connectivity index (χ4v) is 2.99. The molecule has 0 spiro atoms. The molecule has 1 fully saturated rings. The van der Waals surface area contributed by atoms with Crippen LogP contribution in [0.1, 0.15) is 12.0 Å². The van der Waals surface area contributed by atoms with Crippen LogP contribution in [0.2, 0.25) is 0 Å². The number of aromatic amines is 1. The second-order valence-electron chi connectivity index (χ2n) is 4.61. The molecule has 1 atom stereocenters. The Hall–Kier alpha value is -1.17. The monoisotopic (exact) mass is 263 g/mol. The molecule has 2 aromatic heterocycles. The maximum Gasteiger partial charge on any atom is 0.0794 e. The number of H-pyrrole nitrogens is 1. The molecular formula is C13H17N3OS. The number of hydrogen-bond acceptors (Lipinski definition) is 4. The number of nitrogens with one attached hydrogen (secondary N) is 2. The molecule has 0 aliphatic carbocycles. The zero-order valence-electron chi connectivity index (χ0n) is 10.2. The van der Waals surface area contributed by atoms with Crippen LogP contribution in [0.15, 0.2) is 23.7 Å². The summed E-state index contributed by atoms with van der Waals surface area (Å²) in [7, 11) is 0. The summed E-state index contributed by atoms with van der Waals surface area (Å²) in [6, 6.07) is 4.18. The summed E-state index contributed by atoms with van der Waals surface area (Å²) in [6.07, 6.45) is 3.09. The van der Waals surface area contributed by atoms with Crippen LogP contribution in [0.25, 0.3) is 10.6 Å². The van der Waals surface area contributed by atoms with E-state index in [2.05, 4.69) is 33.0 Å². The van der Waals surface area contributed by atoms with Crippen LogP contribution in [0, 0.1) is 5.92 Å². The van der Waals surface area contributed by atoms with E-state index >= 15 is 0 Å². The van der Waals surface area contributed by atoms with E-state index in [0.29, 0.717) is 5.92 Å². The molecule has 0 radical (unpaired) electrons. The van der Waals surface area contributed by atoms with E-state index in [1.165, 1.54) is 16.9 Å². The van der Waals surface area contributed by atoms with Crippen LogP contribution in [0.4, 0.5) is 0 Å². The van der Waals surface area contributed by atoms with E-state index in [0.717, 1.165) is 32.0 Å². The third-order valence-electron chi connectivity index (χ3n) is 3.26. The molecule has 18 heavy (non-hydrogen) atoms. The van der Waals surface area contributed by atoms with Gasteiger partial charge in [0.1, 0.15) is 0 Å². The lowest BCUT2D eigenvalue weighted by Crippen LogP contribution is -2.22. The molecule has 0 aromatic carbocycles. The summed E-state index contributed by atoms with van der Waals surface area (Å²) in [4.78, 5) is 1.24. The van der Waals surface area contributed by atoms with Crippen molar-refractivity contribution in [2.45, 2.75) is 13.0 Å². The molecule has 5 heteroatoms. The van der Waals surface area contributed by atoms with Gasteiger partial charge in [-0.05, 0) is 23.8 Å². The summed E-state index contributed by atoms with van der Waals surface area (Å²) >= 11 is 1.73. The van der Waals surface area contributed by atoms with Crippen LogP contribution in [-0.4, -0.2) is 30.0 Å². The van der Waals surface area contributed by atoms with Gasteiger partial charge in [0.05, 0.1) is 23.4 Å². The van der Waals surface area contributed by atoms with Crippen molar-refractivity contribution in [1.82, 2.24) is 15.5 Å². The third-order valence-corrected chi connectivity index (χ3v) is 4.15. The standard InChI is InChI=1S/C13H17N3OS/c1-2-12(18-5-1)13-11(8-15-16-13)7-14-6-10-3-4-17-9-10/h1-2,5,8,10,14H,3-4,6-7,9H2,(H,15,16). The van der Waals surface area contributed by atoms with Gasteiger partial charge in [-0.3, -0.25) is 5.10 Å². The van der Waals surface area contributed by atoms with Crippen LogP contribution < -0.4 is 5.32 Å². The molecule has 3 heterocycles. The predicted octanol–water partition coefficient (Wildman–Crippen LogP) is 2.26. The van der Waals surface area contributed by atoms with Crippen LogP contribution in [0.5, 0.6) is 0 Å². The van der Waals surface area contributed by atoms with Gasteiger partial charge in [-0.1, -0.05) is 6.07 Å². The van der Waals surface area contributed by atoms with Gasteiger partial charge < -0.3 is 10.1 Å². The van der Waals surface area contributed by atoms with Crippen molar-refractivity contribution >= 4 is 11.3 Å². The normalized spacial score (nSPS) is 19.4. The Morgan fingerprint density at radius 1 is 1.56 bits per heavy atom. The molecule has 4 nitrogen and oxygen atoms in total. The predicted molar refractivity (Wildman–Crippen MR) is 72.5 cm³/mol. The van der Waals surface area contributed by atoms with E-state index in [1.54, 1.807) is 11.3 Å². The first-order chi connectivity index (χ1) is 8.93. The number of rotatable bonds is 5. The molecule has 2 N–H and O–H groups in total. The maximum atomic E-state index is 5.37. The summed E-state index contributed by atoms with van der Waals surface area (Å²) < 4.78 is 5.37. The average Bonchev–Trinajstić information content (AvgIpc) is 3.12. The number of hydrogen-bond donors (Lipinski definition) is 2. The first-order valence-electron chi connectivity index (χ1n) is 6.28. The summed E-state index contributed by atoms with van der Waals surface area (Å²) in [5.74, 6) is 0.669. The van der Waals surface area contributed by atoms with Crippen LogP contribution in [0.3, 0.4) is 0 Å². The molecule has 2 aromatic rings. The summed E-state index contributed by atoms with van der Waals surface area (Å²) in [5, 5.41) is 12.8. The van der Waals surface area contributed by atoms with Gasteiger partial charge in [0.2, 0.25) is 0 Å². The Labute approximate surface area is 110 Å². The lowest BCUT2D eigenvalue weighted by Gasteiger charge is -2.09. The minimum atomic E-state index is 0.669. The molecular weight excluding hydrogens is 246 g/mol. The number of ether oxygens (including phenoxy) is 1. The van der Waals surface area contributed by atoms with Crippen molar-refractivity contribution in [3.05, 3.63) is 29.3 Å². The lowest BCUT2D eigenvalue weighted by molar-refractivity contribution is 0.185. The summed E-state index contributed by atoms with van der Waals surface area (Å²) in [6.45, 7) is 3.70. The zero-order chi connectivity index (χ0) is 12.2. The van der Waals surface area contributed by atoms with Gasteiger partial charge >= 0.3 is 0 Å². The number of aromatic nitrogens is 2. The lowest BCUT2D eigenvalue weighted by atomic mass is 10.1. The van der Waals surface area contributed by atoms with Gasteiger partial charge in [0.15, 0.2) is 0 Å². The van der Waals surface area contributed by atoms with E-state index in [-0.39, 0.29) is 0 Å². The van der Waals surface area contributed by atoms with Crippen molar-refractivity contribution in [1.29, 1.82) is 0 Å². The molecule has 0 saturated carbocycles. The highest BCUT2D eigenvalue weighted by molar-refractivity contribution is 7.13. The zero-order valence-corrected chi connectivity index (χ0v) is 11.0. The Morgan fingerprint density at radius 2 is 2.56 bits per heavy atom. The maximum absolute atomic E-state index is 5.37. The third kappa shape index (κ3) is 2.63. The van der Waals surface area contributed by atoms with Gasteiger partial charge in [0.25, 0.3) is 0 Å². The van der Waals surface area contributed by atoms with E-state index < -0.39 is 0 Å². The van der Waals surface area contributed by atoms with Crippen molar-refractivity contribution < 1.29 is 4.74 Å². The molecule has 1 aliphatic heterocycles. The fourth-order valence-electron chi connectivity index (χ4n) is 2.23. The Kier molecular flexibility index (Phi) is 3.73. The Balaban J connectivity index is 1.58. The topological polar surface area (TPSA) is 49.9 Å². The van der Waals surface area contributed by atoms with Crippen LogP contribution in [-0.2, 0) is 11.3 Å². The van der Waals surface area contributed by atoms with Gasteiger partial charge in [0, 0.05) is 25.3 Å². The number of nitrogens with zero attached hydrogens (tertiary/aromatic N) is 1. The Morgan fingerprint density at radius 3 is 3.33 bits per heavy atom. The second kappa shape index (κ2) is 5.65. The van der Waals surface area contributed by atoms with E-state index in [1.807, 2.05) is 6.20 Å². The van der Waals surface area contributed by atoms with Crippen molar-refractivity contribution in [2.75, 3.05) is 19.8 Å². The number of thiophene rings is 1. The molecule has 96 valence electrons. The van der Waals surface area contributed by atoms with Crippen molar-refractivity contribution in [2.24, 2.45) is 5.92 Å². The molecule has 1 unspecified atom stereocenters. The quantitative estimate of drug-likeness (QED) is 0.870. The molecule has 1 saturated heterocycles. The van der Waals surface area contributed by atoms with Crippen molar-refractivity contribution in [3.63, 3.8) is 0 Å². The smallest absolute Gasteiger partial charge is 0.0794 e. The van der Waals surface area contributed by atoms with Crippen LogP contribution >= 0.6 is 11.3 Å². The second-order valence-corrected chi connectivity index (χ2v) is 5.56. The SMILES string of the molecule is c1csc(-c2[nH]ncc2CNCC2CCOC2)c1.